The number of nitrogens with one attached hydrogen (secondary N) is 1. The van der Waals surface area contributed by atoms with Gasteiger partial charge in [0.25, 0.3) is 0 Å². The first-order valence-electron chi connectivity index (χ1n) is 6.78. The van der Waals surface area contributed by atoms with Gasteiger partial charge in [0.1, 0.15) is 12.1 Å². The van der Waals surface area contributed by atoms with Crippen molar-refractivity contribution < 1.29 is 9.59 Å². The van der Waals surface area contributed by atoms with E-state index < -0.39 is 0 Å². The van der Waals surface area contributed by atoms with Gasteiger partial charge in [-0.25, -0.2) is 0 Å². The summed E-state index contributed by atoms with van der Waals surface area (Å²) >= 11 is 0. The second-order valence-electron chi connectivity index (χ2n) is 5.21. The number of hydrogen-bond acceptors (Lipinski definition) is 2. The third-order valence-electron chi connectivity index (χ3n) is 3.70. The summed E-state index contributed by atoms with van der Waals surface area (Å²) in [6.07, 6.45) is 4.82. The molecule has 0 radical (unpaired) electrons. The Kier molecular flexibility index (Phi) is 3.69. The molecular formula is C13H22N2O2. The van der Waals surface area contributed by atoms with E-state index in [9.17, 15) is 9.59 Å². The van der Waals surface area contributed by atoms with Gasteiger partial charge >= 0.3 is 0 Å². The Hall–Kier alpha value is -1.06. The summed E-state index contributed by atoms with van der Waals surface area (Å²) in [5.74, 6) is 0.804. The first kappa shape index (κ1) is 12.4. The van der Waals surface area contributed by atoms with Crippen molar-refractivity contribution in [3.63, 3.8) is 0 Å². The minimum Gasteiger partial charge on any atom is -0.343 e. The van der Waals surface area contributed by atoms with Crippen molar-refractivity contribution in [2.45, 2.75) is 58.0 Å². The van der Waals surface area contributed by atoms with Crippen LogP contribution in [0, 0.1) is 5.92 Å². The number of amides is 2. The Morgan fingerprint density at radius 1 is 1.29 bits per heavy atom. The van der Waals surface area contributed by atoms with Gasteiger partial charge in [-0.15, -0.1) is 0 Å². The number of nitrogens with zero attached hydrogens (tertiary/aromatic N) is 1. The second kappa shape index (κ2) is 5.07. The van der Waals surface area contributed by atoms with Crippen molar-refractivity contribution in [2.24, 2.45) is 5.92 Å². The molecule has 0 aromatic heterocycles. The Labute approximate surface area is 103 Å². The van der Waals surface area contributed by atoms with Crippen LogP contribution in [-0.2, 0) is 9.59 Å². The molecule has 2 atom stereocenters. The maximum atomic E-state index is 12.3. The highest BCUT2D eigenvalue weighted by Crippen LogP contribution is 2.31. The van der Waals surface area contributed by atoms with Gasteiger partial charge in [-0.1, -0.05) is 20.3 Å². The van der Waals surface area contributed by atoms with Crippen molar-refractivity contribution in [1.82, 2.24) is 10.2 Å². The summed E-state index contributed by atoms with van der Waals surface area (Å²) < 4.78 is 0. The molecule has 1 aliphatic heterocycles. The van der Waals surface area contributed by atoms with E-state index in [-0.39, 0.29) is 23.9 Å². The van der Waals surface area contributed by atoms with Crippen molar-refractivity contribution in [3.05, 3.63) is 0 Å². The normalized spacial score (nSPS) is 29.4. The molecule has 1 aliphatic carbocycles. The van der Waals surface area contributed by atoms with E-state index in [2.05, 4.69) is 12.2 Å². The van der Waals surface area contributed by atoms with Crippen LogP contribution in [-0.4, -0.2) is 35.3 Å². The Morgan fingerprint density at radius 3 is 2.53 bits per heavy atom. The van der Waals surface area contributed by atoms with Gasteiger partial charge in [0.15, 0.2) is 0 Å². The number of hydrogen-bond donors (Lipinski definition) is 1. The van der Waals surface area contributed by atoms with E-state index >= 15 is 0 Å². The molecule has 1 saturated heterocycles. The van der Waals surface area contributed by atoms with Crippen LogP contribution >= 0.6 is 0 Å². The summed E-state index contributed by atoms with van der Waals surface area (Å²) in [5, 5.41) is 2.84. The fourth-order valence-corrected chi connectivity index (χ4v) is 2.46. The summed E-state index contributed by atoms with van der Waals surface area (Å²) in [4.78, 5) is 26.1. The molecule has 2 unspecified atom stereocenters. The third kappa shape index (κ3) is 2.61. The fourth-order valence-electron chi connectivity index (χ4n) is 2.46. The third-order valence-corrected chi connectivity index (χ3v) is 3.70. The Balaban J connectivity index is 2.11. The van der Waals surface area contributed by atoms with E-state index in [4.69, 9.17) is 0 Å². The maximum Gasteiger partial charge on any atom is 0.245 e. The fraction of sp³-hybridized carbons (Fsp3) is 0.846. The van der Waals surface area contributed by atoms with Gasteiger partial charge in [-0.3, -0.25) is 9.59 Å². The predicted molar refractivity (Wildman–Crippen MR) is 65.4 cm³/mol. The highest BCUT2D eigenvalue weighted by Gasteiger charge is 2.41. The SMILES string of the molecule is CCCC1C(=O)NC(CC)C(=O)N1CC1CC1. The van der Waals surface area contributed by atoms with Crippen LogP contribution in [0.4, 0.5) is 0 Å². The topological polar surface area (TPSA) is 49.4 Å². The van der Waals surface area contributed by atoms with Crippen LogP contribution in [0.2, 0.25) is 0 Å². The van der Waals surface area contributed by atoms with Gasteiger partial charge in [-0.2, -0.15) is 0 Å². The summed E-state index contributed by atoms with van der Waals surface area (Å²) in [7, 11) is 0. The summed E-state index contributed by atoms with van der Waals surface area (Å²) in [6, 6.07) is -0.523. The second-order valence-corrected chi connectivity index (χ2v) is 5.21. The highest BCUT2D eigenvalue weighted by molar-refractivity contribution is 5.96. The van der Waals surface area contributed by atoms with Crippen LogP contribution in [0.15, 0.2) is 0 Å². The largest absolute Gasteiger partial charge is 0.343 e. The molecule has 1 saturated carbocycles. The standard InChI is InChI=1S/C13H22N2O2/c1-3-5-11-12(16)14-10(4-2)13(17)15(11)8-9-6-7-9/h9-11H,3-8H2,1-2H3,(H,14,16). The molecule has 1 N–H and O–H groups in total. The zero-order chi connectivity index (χ0) is 12.4. The molecule has 0 spiro atoms. The van der Waals surface area contributed by atoms with Crippen LogP contribution < -0.4 is 5.32 Å². The molecule has 96 valence electrons. The molecule has 2 rings (SSSR count). The van der Waals surface area contributed by atoms with Crippen LogP contribution in [0.5, 0.6) is 0 Å². The zero-order valence-corrected chi connectivity index (χ0v) is 10.7. The van der Waals surface area contributed by atoms with E-state index in [1.807, 2.05) is 11.8 Å². The molecule has 0 aromatic rings. The van der Waals surface area contributed by atoms with E-state index in [0.717, 1.165) is 19.4 Å². The number of carbonyl (C=O) groups excluding carboxylic acids is 2. The lowest BCUT2D eigenvalue weighted by Crippen LogP contribution is -2.63. The van der Waals surface area contributed by atoms with Gasteiger partial charge < -0.3 is 10.2 Å². The number of carbonyl (C=O) groups is 2. The Morgan fingerprint density at radius 2 is 2.00 bits per heavy atom. The van der Waals surface area contributed by atoms with Crippen LogP contribution in [0.1, 0.15) is 46.0 Å². The Bertz CT molecular complexity index is 313. The molecule has 2 amide bonds. The van der Waals surface area contributed by atoms with Crippen molar-refractivity contribution in [1.29, 1.82) is 0 Å². The van der Waals surface area contributed by atoms with E-state index in [1.54, 1.807) is 0 Å². The lowest BCUT2D eigenvalue weighted by molar-refractivity contribution is -0.150. The number of rotatable bonds is 5. The van der Waals surface area contributed by atoms with Gasteiger partial charge in [-0.05, 0) is 31.6 Å². The quantitative estimate of drug-likeness (QED) is 0.785. The zero-order valence-electron chi connectivity index (χ0n) is 10.7. The molecule has 2 fully saturated rings. The average molecular weight is 238 g/mol. The van der Waals surface area contributed by atoms with Crippen molar-refractivity contribution >= 4 is 11.8 Å². The van der Waals surface area contributed by atoms with E-state index in [0.29, 0.717) is 12.3 Å². The van der Waals surface area contributed by atoms with E-state index in [1.165, 1.54) is 12.8 Å². The maximum absolute atomic E-state index is 12.3. The van der Waals surface area contributed by atoms with Gasteiger partial charge in [0.05, 0.1) is 0 Å². The van der Waals surface area contributed by atoms with Crippen LogP contribution in [0.3, 0.4) is 0 Å². The molecular weight excluding hydrogens is 216 g/mol. The molecule has 1 heterocycles. The van der Waals surface area contributed by atoms with Gasteiger partial charge in [0, 0.05) is 6.54 Å². The first-order valence-corrected chi connectivity index (χ1v) is 6.78. The lowest BCUT2D eigenvalue weighted by atomic mass is 10.0. The molecule has 17 heavy (non-hydrogen) atoms. The minimum atomic E-state index is -0.297. The van der Waals surface area contributed by atoms with Crippen LogP contribution in [0.25, 0.3) is 0 Å². The first-order chi connectivity index (χ1) is 8.17. The van der Waals surface area contributed by atoms with Crippen molar-refractivity contribution in [2.75, 3.05) is 6.54 Å². The molecule has 2 aliphatic rings. The summed E-state index contributed by atoms with van der Waals surface area (Å²) in [5.41, 5.74) is 0. The molecule has 0 aromatic carbocycles. The molecule has 0 bridgehead atoms. The molecule has 4 nitrogen and oxygen atoms in total. The summed E-state index contributed by atoms with van der Waals surface area (Å²) in [6.45, 7) is 4.78. The van der Waals surface area contributed by atoms with Crippen molar-refractivity contribution in [3.8, 4) is 0 Å². The lowest BCUT2D eigenvalue weighted by Gasteiger charge is -2.39. The van der Waals surface area contributed by atoms with Gasteiger partial charge in [0.2, 0.25) is 11.8 Å². The average Bonchev–Trinajstić information content (AvgIpc) is 3.12. The highest BCUT2D eigenvalue weighted by atomic mass is 16.2. The minimum absolute atomic E-state index is 0.0407. The number of piperazine rings is 1. The molecule has 4 heteroatoms. The predicted octanol–water partition coefficient (Wildman–Crippen LogP) is 1.30. The smallest absolute Gasteiger partial charge is 0.245 e. The monoisotopic (exact) mass is 238 g/mol.